The fourth-order valence-corrected chi connectivity index (χ4v) is 2.90. The van der Waals surface area contributed by atoms with Gasteiger partial charge in [0.25, 0.3) is 5.56 Å². The maximum Gasteiger partial charge on any atom is 0.293 e. The largest absolute Gasteiger partial charge is 0.365 e. The van der Waals surface area contributed by atoms with Crippen molar-refractivity contribution in [1.82, 2.24) is 9.55 Å². The van der Waals surface area contributed by atoms with Crippen LogP contribution in [0, 0.1) is 11.8 Å². The first kappa shape index (κ1) is 14.1. The molecule has 0 aromatic carbocycles. The number of hydrogen-bond acceptors (Lipinski definition) is 3. The van der Waals surface area contributed by atoms with E-state index in [0.29, 0.717) is 18.3 Å². The Morgan fingerprint density at radius 2 is 1.95 bits per heavy atom. The summed E-state index contributed by atoms with van der Waals surface area (Å²) in [6.07, 6.45) is 9.97. The van der Waals surface area contributed by atoms with E-state index in [4.69, 9.17) is 0 Å². The minimum Gasteiger partial charge on any atom is -0.365 e. The molecule has 1 heterocycles. The Morgan fingerprint density at radius 1 is 1.26 bits per heavy atom. The van der Waals surface area contributed by atoms with E-state index in [1.54, 1.807) is 17.0 Å². The molecule has 1 saturated carbocycles. The molecule has 0 bridgehead atoms. The number of nitrogens with zero attached hydrogens (tertiary/aromatic N) is 2. The monoisotopic (exact) mass is 263 g/mol. The fraction of sp³-hybridized carbons (Fsp3) is 0.733. The van der Waals surface area contributed by atoms with E-state index >= 15 is 0 Å². The Labute approximate surface area is 115 Å². The fourth-order valence-electron chi connectivity index (χ4n) is 2.90. The average Bonchev–Trinajstić information content (AvgIpc) is 2.47. The molecular weight excluding hydrogens is 238 g/mol. The van der Waals surface area contributed by atoms with Crippen LogP contribution in [-0.2, 0) is 6.54 Å². The SMILES string of the molecule is CCC1CCC(CNc2nccn(CC)c2=O)CC1. The Hall–Kier alpha value is -1.32. The Morgan fingerprint density at radius 3 is 2.58 bits per heavy atom. The average molecular weight is 263 g/mol. The summed E-state index contributed by atoms with van der Waals surface area (Å²) in [5.41, 5.74) is -0.00718. The third-order valence-corrected chi connectivity index (χ3v) is 4.36. The molecule has 0 atom stereocenters. The summed E-state index contributed by atoms with van der Waals surface area (Å²) in [6, 6.07) is 0. The minimum atomic E-state index is -0.00718. The molecule has 106 valence electrons. The van der Waals surface area contributed by atoms with Gasteiger partial charge < -0.3 is 9.88 Å². The van der Waals surface area contributed by atoms with Crippen LogP contribution in [0.1, 0.15) is 46.0 Å². The Kier molecular flexibility index (Phi) is 5.00. The van der Waals surface area contributed by atoms with Crippen LogP contribution in [0.2, 0.25) is 0 Å². The molecular formula is C15H25N3O. The summed E-state index contributed by atoms with van der Waals surface area (Å²) in [5, 5.41) is 3.25. The topological polar surface area (TPSA) is 46.9 Å². The van der Waals surface area contributed by atoms with Crippen molar-refractivity contribution in [1.29, 1.82) is 0 Å². The van der Waals surface area contributed by atoms with Gasteiger partial charge in [0.2, 0.25) is 0 Å². The number of hydrogen-bond donors (Lipinski definition) is 1. The van der Waals surface area contributed by atoms with Crippen molar-refractivity contribution >= 4 is 5.82 Å². The van der Waals surface area contributed by atoms with Gasteiger partial charge in [-0.1, -0.05) is 26.2 Å². The molecule has 0 unspecified atom stereocenters. The highest BCUT2D eigenvalue weighted by molar-refractivity contribution is 5.30. The van der Waals surface area contributed by atoms with Gasteiger partial charge in [-0.15, -0.1) is 0 Å². The molecule has 19 heavy (non-hydrogen) atoms. The van der Waals surface area contributed by atoms with Crippen LogP contribution in [0.3, 0.4) is 0 Å². The van der Waals surface area contributed by atoms with E-state index < -0.39 is 0 Å². The second-order valence-corrected chi connectivity index (χ2v) is 5.54. The summed E-state index contributed by atoms with van der Waals surface area (Å²) in [4.78, 5) is 16.2. The van der Waals surface area contributed by atoms with Gasteiger partial charge >= 0.3 is 0 Å². The predicted octanol–water partition coefficient (Wildman–Crippen LogP) is 2.89. The lowest BCUT2D eigenvalue weighted by atomic mass is 9.81. The zero-order chi connectivity index (χ0) is 13.7. The number of aryl methyl sites for hydroxylation is 1. The molecule has 1 aromatic heterocycles. The highest BCUT2D eigenvalue weighted by Gasteiger charge is 2.20. The van der Waals surface area contributed by atoms with Crippen molar-refractivity contribution < 1.29 is 0 Å². The zero-order valence-electron chi connectivity index (χ0n) is 12.1. The van der Waals surface area contributed by atoms with Crippen LogP contribution < -0.4 is 10.9 Å². The molecule has 2 rings (SSSR count). The quantitative estimate of drug-likeness (QED) is 0.888. The van der Waals surface area contributed by atoms with Gasteiger partial charge in [0.05, 0.1) is 0 Å². The molecule has 0 saturated heterocycles. The van der Waals surface area contributed by atoms with Crippen molar-refractivity contribution in [2.45, 2.75) is 52.5 Å². The first-order valence-corrected chi connectivity index (χ1v) is 7.53. The number of nitrogens with one attached hydrogen (secondary N) is 1. The lowest BCUT2D eigenvalue weighted by Gasteiger charge is -2.27. The molecule has 0 amide bonds. The second-order valence-electron chi connectivity index (χ2n) is 5.54. The van der Waals surface area contributed by atoms with Crippen LogP contribution in [0.15, 0.2) is 17.2 Å². The first-order chi connectivity index (χ1) is 9.24. The molecule has 1 aromatic rings. The van der Waals surface area contributed by atoms with Gasteiger partial charge in [-0.05, 0) is 31.6 Å². The summed E-state index contributed by atoms with van der Waals surface area (Å²) in [6.45, 7) is 5.82. The normalized spacial score (nSPS) is 23.3. The third kappa shape index (κ3) is 3.58. The van der Waals surface area contributed by atoms with Gasteiger partial charge in [0, 0.05) is 25.5 Å². The van der Waals surface area contributed by atoms with Gasteiger partial charge in [-0.3, -0.25) is 4.79 Å². The van der Waals surface area contributed by atoms with Crippen LogP contribution in [0.5, 0.6) is 0 Å². The first-order valence-electron chi connectivity index (χ1n) is 7.53. The molecule has 4 heteroatoms. The summed E-state index contributed by atoms with van der Waals surface area (Å²) >= 11 is 0. The molecule has 1 aliphatic rings. The Balaban J connectivity index is 1.88. The second kappa shape index (κ2) is 6.73. The minimum absolute atomic E-state index is 0.00718. The van der Waals surface area contributed by atoms with Crippen LogP contribution in [-0.4, -0.2) is 16.1 Å². The standard InChI is InChI=1S/C15H25N3O/c1-3-12-5-7-13(8-6-12)11-17-14-15(19)18(4-2)10-9-16-14/h9-10,12-13H,3-8,11H2,1-2H3,(H,16,17). The maximum absolute atomic E-state index is 12.0. The number of anilines is 1. The smallest absolute Gasteiger partial charge is 0.293 e. The van der Waals surface area contributed by atoms with Gasteiger partial charge in [-0.25, -0.2) is 4.98 Å². The number of aromatic nitrogens is 2. The zero-order valence-corrected chi connectivity index (χ0v) is 12.1. The van der Waals surface area contributed by atoms with Crippen molar-refractivity contribution in [2.24, 2.45) is 11.8 Å². The van der Waals surface area contributed by atoms with Gasteiger partial charge in [0.1, 0.15) is 0 Å². The Bertz CT molecular complexity index is 447. The molecule has 1 aliphatic carbocycles. The maximum atomic E-state index is 12.0. The number of rotatable bonds is 5. The van der Waals surface area contributed by atoms with E-state index in [2.05, 4.69) is 17.2 Å². The molecule has 0 spiro atoms. The summed E-state index contributed by atoms with van der Waals surface area (Å²) in [7, 11) is 0. The van der Waals surface area contributed by atoms with Crippen molar-refractivity contribution in [3.8, 4) is 0 Å². The highest BCUT2D eigenvalue weighted by Crippen LogP contribution is 2.30. The van der Waals surface area contributed by atoms with Crippen molar-refractivity contribution in [2.75, 3.05) is 11.9 Å². The third-order valence-electron chi connectivity index (χ3n) is 4.36. The summed E-state index contributed by atoms with van der Waals surface area (Å²) in [5.74, 6) is 2.12. The van der Waals surface area contributed by atoms with E-state index in [9.17, 15) is 4.79 Å². The molecule has 1 N–H and O–H groups in total. The van der Waals surface area contributed by atoms with Crippen molar-refractivity contribution in [3.63, 3.8) is 0 Å². The van der Waals surface area contributed by atoms with Gasteiger partial charge in [-0.2, -0.15) is 0 Å². The van der Waals surface area contributed by atoms with E-state index in [1.165, 1.54) is 32.1 Å². The van der Waals surface area contributed by atoms with E-state index in [1.807, 2.05) is 6.92 Å². The lowest BCUT2D eigenvalue weighted by Crippen LogP contribution is -2.27. The van der Waals surface area contributed by atoms with Crippen LogP contribution in [0.4, 0.5) is 5.82 Å². The van der Waals surface area contributed by atoms with E-state index in [0.717, 1.165) is 12.5 Å². The van der Waals surface area contributed by atoms with Crippen LogP contribution in [0.25, 0.3) is 0 Å². The highest BCUT2D eigenvalue weighted by atomic mass is 16.1. The predicted molar refractivity (Wildman–Crippen MR) is 78.4 cm³/mol. The molecule has 4 nitrogen and oxygen atoms in total. The summed E-state index contributed by atoms with van der Waals surface area (Å²) < 4.78 is 1.68. The van der Waals surface area contributed by atoms with E-state index in [-0.39, 0.29) is 5.56 Å². The molecule has 0 radical (unpaired) electrons. The van der Waals surface area contributed by atoms with Gasteiger partial charge in [0.15, 0.2) is 5.82 Å². The van der Waals surface area contributed by atoms with Crippen LogP contribution >= 0.6 is 0 Å². The molecule has 0 aliphatic heterocycles. The molecule has 1 fully saturated rings. The lowest BCUT2D eigenvalue weighted by molar-refractivity contribution is 0.278. The van der Waals surface area contributed by atoms with Crippen molar-refractivity contribution in [3.05, 3.63) is 22.7 Å².